The number of thiazole rings is 1. The van der Waals surface area contributed by atoms with Crippen molar-refractivity contribution < 1.29 is 4.74 Å². The van der Waals surface area contributed by atoms with Crippen molar-refractivity contribution in [2.24, 2.45) is 10.7 Å². The maximum atomic E-state index is 6.08. The molecule has 7 heteroatoms. The Kier molecular flexibility index (Phi) is 4.95. The van der Waals surface area contributed by atoms with Crippen molar-refractivity contribution in [3.05, 3.63) is 58.1 Å². The Hall–Kier alpha value is -2.31. The topological polar surface area (TPSA) is 72.5 Å². The molecule has 0 bridgehead atoms. The molecule has 3 N–H and O–H groups in total. The van der Waals surface area contributed by atoms with Crippen LogP contribution in [0.4, 0.5) is 0 Å². The number of benzene rings is 2. The van der Waals surface area contributed by atoms with Crippen LogP contribution in [0.3, 0.4) is 0 Å². The van der Waals surface area contributed by atoms with Crippen LogP contribution in [0.5, 0.6) is 5.75 Å². The third kappa shape index (κ3) is 3.76. The fourth-order valence-electron chi connectivity index (χ4n) is 3.04. The van der Waals surface area contributed by atoms with E-state index in [-0.39, 0.29) is 6.04 Å². The van der Waals surface area contributed by atoms with E-state index in [9.17, 15) is 0 Å². The number of halogens is 1. The first-order chi connectivity index (χ1) is 12.7. The summed E-state index contributed by atoms with van der Waals surface area (Å²) in [5, 5.41) is 5.05. The number of aliphatic imine (C=N–C) groups is 1. The van der Waals surface area contributed by atoms with Crippen LogP contribution in [0, 0.1) is 0 Å². The van der Waals surface area contributed by atoms with Crippen LogP contribution < -0.4 is 15.8 Å². The second kappa shape index (κ2) is 7.51. The van der Waals surface area contributed by atoms with Crippen LogP contribution in [0.15, 0.2) is 47.5 Å². The summed E-state index contributed by atoms with van der Waals surface area (Å²) in [5.41, 5.74) is 8.15. The third-order valence-corrected chi connectivity index (χ3v) is 5.61. The van der Waals surface area contributed by atoms with Gasteiger partial charge in [0.2, 0.25) is 0 Å². The van der Waals surface area contributed by atoms with E-state index in [1.54, 1.807) is 11.3 Å². The summed E-state index contributed by atoms with van der Waals surface area (Å²) < 4.78 is 6.81. The standard InChI is InChI=1S/C19H19ClN4OS/c20-12-5-6-17-15(11-12)23-18(26-17)7-9-22-19(21)24-14-8-10-25-16-4-2-1-3-13(14)16/h1-6,11,14H,7-10H2,(H3,21,22,24). The van der Waals surface area contributed by atoms with Gasteiger partial charge >= 0.3 is 0 Å². The van der Waals surface area contributed by atoms with Gasteiger partial charge < -0.3 is 15.8 Å². The summed E-state index contributed by atoms with van der Waals surface area (Å²) in [7, 11) is 0. The van der Waals surface area contributed by atoms with Crippen LogP contribution in [-0.2, 0) is 6.42 Å². The fraction of sp³-hybridized carbons (Fsp3) is 0.263. The highest BCUT2D eigenvalue weighted by Crippen LogP contribution is 2.31. The molecule has 1 aromatic heterocycles. The van der Waals surface area contributed by atoms with E-state index in [0.717, 1.165) is 39.4 Å². The lowest BCUT2D eigenvalue weighted by atomic mass is 10.0. The summed E-state index contributed by atoms with van der Waals surface area (Å²) in [6.45, 7) is 1.27. The number of ether oxygens (including phenoxy) is 1. The predicted molar refractivity (Wildman–Crippen MR) is 107 cm³/mol. The van der Waals surface area contributed by atoms with Gasteiger partial charge in [0.25, 0.3) is 0 Å². The molecular formula is C19H19ClN4OS. The third-order valence-electron chi connectivity index (χ3n) is 4.28. The quantitative estimate of drug-likeness (QED) is 0.526. The minimum Gasteiger partial charge on any atom is -0.493 e. The first kappa shape index (κ1) is 17.1. The number of para-hydroxylation sites is 1. The van der Waals surface area contributed by atoms with Crippen molar-refractivity contribution in [2.45, 2.75) is 18.9 Å². The Morgan fingerprint density at radius 1 is 1.35 bits per heavy atom. The van der Waals surface area contributed by atoms with E-state index in [1.807, 2.05) is 36.4 Å². The highest BCUT2D eigenvalue weighted by atomic mass is 35.5. The maximum absolute atomic E-state index is 6.08. The van der Waals surface area contributed by atoms with Crippen molar-refractivity contribution in [1.82, 2.24) is 10.3 Å². The van der Waals surface area contributed by atoms with Crippen molar-refractivity contribution in [2.75, 3.05) is 13.2 Å². The first-order valence-electron chi connectivity index (χ1n) is 8.52. The van der Waals surface area contributed by atoms with E-state index in [1.165, 1.54) is 0 Å². The van der Waals surface area contributed by atoms with Crippen LogP contribution in [0.25, 0.3) is 10.2 Å². The molecule has 5 nitrogen and oxygen atoms in total. The van der Waals surface area contributed by atoms with E-state index in [4.69, 9.17) is 22.1 Å². The van der Waals surface area contributed by atoms with Gasteiger partial charge in [0.15, 0.2) is 5.96 Å². The molecule has 4 rings (SSSR count). The average molecular weight is 387 g/mol. The number of rotatable bonds is 4. The summed E-state index contributed by atoms with van der Waals surface area (Å²) in [5.74, 6) is 1.37. The number of fused-ring (bicyclic) bond motifs is 2. The van der Waals surface area contributed by atoms with Crippen LogP contribution in [-0.4, -0.2) is 24.1 Å². The lowest BCUT2D eigenvalue weighted by Crippen LogP contribution is -2.37. The van der Waals surface area contributed by atoms with Crippen molar-refractivity contribution in [1.29, 1.82) is 0 Å². The lowest BCUT2D eigenvalue weighted by molar-refractivity contribution is 0.262. The molecule has 0 amide bonds. The smallest absolute Gasteiger partial charge is 0.189 e. The minimum atomic E-state index is 0.133. The van der Waals surface area contributed by atoms with E-state index in [0.29, 0.717) is 24.1 Å². The molecule has 2 aromatic carbocycles. The molecule has 0 aliphatic carbocycles. The molecule has 0 fully saturated rings. The van der Waals surface area contributed by atoms with Gasteiger partial charge in [0.05, 0.1) is 27.9 Å². The number of guanidine groups is 1. The Balaban J connectivity index is 1.38. The van der Waals surface area contributed by atoms with Gasteiger partial charge in [-0.2, -0.15) is 0 Å². The summed E-state index contributed by atoms with van der Waals surface area (Å²) >= 11 is 7.68. The molecule has 3 aromatic rings. The SMILES string of the molecule is NC(=NCCc1nc2cc(Cl)ccc2s1)NC1CCOc2ccccc21. The molecule has 0 radical (unpaired) electrons. The molecule has 0 saturated heterocycles. The van der Waals surface area contributed by atoms with Crippen LogP contribution >= 0.6 is 22.9 Å². The Bertz CT molecular complexity index is 956. The van der Waals surface area contributed by atoms with E-state index in [2.05, 4.69) is 21.4 Å². The maximum Gasteiger partial charge on any atom is 0.189 e. The van der Waals surface area contributed by atoms with Gasteiger partial charge in [-0.1, -0.05) is 29.8 Å². The fourth-order valence-corrected chi connectivity index (χ4v) is 4.15. The predicted octanol–water partition coefficient (Wildman–Crippen LogP) is 3.92. The second-order valence-corrected chi connectivity index (χ2v) is 7.66. The van der Waals surface area contributed by atoms with Gasteiger partial charge in [-0.3, -0.25) is 4.99 Å². The van der Waals surface area contributed by atoms with Crippen LogP contribution in [0.2, 0.25) is 5.02 Å². The number of hydrogen-bond donors (Lipinski definition) is 2. The molecule has 0 saturated carbocycles. The number of hydrogen-bond acceptors (Lipinski definition) is 4. The van der Waals surface area contributed by atoms with Crippen molar-refractivity contribution in [3.8, 4) is 5.75 Å². The number of aromatic nitrogens is 1. The summed E-state index contributed by atoms with van der Waals surface area (Å²) in [4.78, 5) is 9.06. The largest absolute Gasteiger partial charge is 0.493 e. The second-order valence-electron chi connectivity index (χ2n) is 6.11. The highest BCUT2D eigenvalue weighted by molar-refractivity contribution is 7.18. The Labute approximate surface area is 160 Å². The number of nitrogens with zero attached hydrogens (tertiary/aromatic N) is 2. The molecule has 1 unspecified atom stereocenters. The highest BCUT2D eigenvalue weighted by Gasteiger charge is 2.21. The zero-order valence-corrected chi connectivity index (χ0v) is 15.7. The molecule has 0 spiro atoms. The Morgan fingerprint density at radius 3 is 3.15 bits per heavy atom. The molecule has 26 heavy (non-hydrogen) atoms. The van der Waals surface area contributed by atoms with Crippen LogP contribution in [0.1, 0.15) is 23.0 Å². The molecule has 134 valence electrons. The average Bonchev–Trinajstić information content (AvgIpc) is 3.04. The first-order valence-corrected chi connectivity index (χ1v) is 9.71. The number of nitrogens with two attached hydrogens (primary N) is 1. The zero-order chi connectivity index (χ0) is 17.9. The van der Waals surface area contributed by atoms with Gasteiger partial charge in [0.1, 0.15) is 5.75 Å². The monoisotopic (exact) mass is 386 g/mol. The normalized spacial score (nSPS) is 17.0. The lowest BCUT2D eigenvalue weighted by Gasteiger charge is -2.26. The molecule has 1 aliphatic rings. The summed E-state index contributed by atoms with van der Waals surface area (Å²) in [6, 6.07) is 13.9. The number of nitrogens with one attached hydrogen (secondary N) is 1. The van der Waals surface area contributed by atoms with Gasteiger partial charge in [-0.05, 0) is 24.3 Å². The summed E-state index contributed by atoms with van der Waals surface area (Å²) in [6.07, 6.45) is 1.62. The zero-order valence-electron chi connectivity index (χ0n) is 14.1. The minimum absolute atomic E-state index is 0.133. The van der Waals surface area contributed by atoms with Crippen molar-refractivity contribution >= 4 is 39.1 Å². The Morgan fingerprint density at radius 2 is 2.23 bits per heavy atom. The van der Waals surface area contributed by atoms with Gasteiger partial charge in [-0.25, -0.2) is 4.98 Å². The molecule has 1 atom stereocenters. The molecule has 2 heterocycles. The molecule has 1 aliphatic heterocycles. The van der Waals surface area contributed by atoms with E-state index < -0.39 is 0 Å². The molecular weight excluding hydrogens is 368 g/mol. The van der Waals surface area contributed by atoms with E-state index >= 15 is 0 Å². The van der Waals surface area contributed by atoms with Crippen molar-refractivity contribution in [3.63, 3.8) is 0 Å². The van der Waals surface area contributed by atoms with Gasteiger partial charge in [-0.15, -0.1) is 11.3 Å². The van der Waals surface area contributed by atoms with Gasteiger partial charge in [0, 0.05) is 30.0 Å².